The van der Waals surface area contributed by atoms with Crippen LogP contribution in [-0.2, 0) is 6.54 Å². The molecule has 2 rings (SSSR count). The van der Waals surface area contributed by atoms with Crippen molar-refractivity contribution in [2.75, 3.05) is 6.54 Å². The van der Waals surface area contributed by atoms with Crippen LogP contribution in [0.5, 0.6) is 0 Å². The van der Waals surface area contributed by atoms with Crippen molar-refractivity contribution in [2.45, 2.75) is 19.9 Å². The summed E-state index contributed by atoms with van der Waals surface area (Å²) in [5.41, 5.74) is 3.00. The van der Waals surface area contributed by atoms with Gasteiger partial charge in [-0.15, -0.1) is 0 Å². The summed E-state index contributed by atoms with van der Waals surface area (Å²) in [5, 5.41) is 3.34. The Morgan fingerprint density at radius 1 is 1.29 bits per heavy atom. The van der Waals surface area contributed by atoms with Gasteiger partial charge in [0.15, 0.2) is 0 Å². The summed E-state index contributed by atoms with van der Waals surface area (Å²) >= 11 is 0. The lowest BCUT2D eigenvalue weighted by molar-refractivity contribution is 0.625. The Hall–Kier alpha value is -1.61. The van der Waals surface area contributed by atoms with Gasteiger partial charge in [0.25, 0.3) is 0 Å². The number of H-pyrrole nitrogens is 1. The topological polar surface area (TPSA) is 27.8 Å². The van der Waals surface area contributed by atoms with Crippen molar-refractivity contribution in [3.05, 3.63) is 47.9 Å². The molecular weight excluding hydrogens is 215 g/mol. The Morgan fingerprint density at radius 2 is 2.18 bits per heavy atom. The lowest BCUT2D eigenvalue weighted by atomic mass is 10.0. The zero-order valence-corrected chi connectivity index (χ0v) is 9.96. The SMILES string of the molecule is CCCNCc1ccc(F)cc1-c1ccc[nH]1. The van der Waals surface area contributed by atoms with Crippen LogP contribution >= 0.6 is 0 Å². The molecule has 3 heteroatoms. The van der Waals surface area contributed by atoms with Crippen LogP contribution in [0.1, 0.15) is 18.9 Å². The van der Waals surface area contributed by atoms with Gasteiger partial charge in [-0.05, 0) is 42.8 Å². The maximum atomic E-state index is 13.3. The Kier molecular flexibility index (Phi) is 3.94. The summed E-state index contributed by atoms with van der Waals surface area (Å²) in [5.74, 6) is -0.200. The molecule has 1 aromatic carbocycles. The maximum Gasteiger partial charge on any atom is 0.123 e. The standard InChI is InChI=1S/C14H17FN2/c1-2-7-16-10-11-5-6-12(15)9-13(11)14-4-3-8-17-14/h3-6,8-9,16-17H,2,7,10H2,1H3. The van der Waals surface area contributed by atoms with Crippen molar-refractivity contribution in [2.24, 2.45) is 0 Å². The normalized spacial score (nSPS) is 10.7. The molecular formula is C14H17FN2. The van der Waals surface area contributed by atoms with E-state index in [-0.39, 0.29) is 5.82 Å². The Bertz CT molecular complexity index is 463. The molecule has 1 aromatic heterocycles. The molecule has 2 N–H and O–H groups in total. The van der Waals surface area contributed by atoms with Crippen molar-refractivity contribution in [3.8, 4) is 11.3 Å². The summed E-state index contributed by atoms with van der Waals surface area (Å²) in [6.45, 7) is 3.87. The summed E-state index contributed by atoms with van der Waals surface area (Å²) in [6, 6.07) is 8.81. The molecule has 0 spiro atoms. The van der Waals surface area contributed by atoms with Gasteiger partial charge in [0, 0.05) is 24.0 Å². The minimum Gasteiger partial charge on any atom is -0.361 e. The molecule has 0 unspecified atom stereocenters. The fourth-order valence-corrected chi connectivity index (χ4v) is 1.85. The van der Waals surface area contributed by atoms with Gasteiger partial charge in [-0.25, -0.2) is 4.39 Å². The lowest BCUT2D eigenvalue weighted by Gasteiger charge is -2.09. The quantitative estimate of drug-likeness (QED) is 0.760. The number of hydrogen-bond acceptors (Lipinski definition) is 1. The highest BCUT2D eigenvalue weighted by atomic mass is 19.1. The van der Waals surface area contributed by atoms with E-state index in [0.717, 1.165) is 36.3 Å². The van der Waals surface area contributed by atoms with Crippen molar-refractivity contribution in [3.63, 3.8) is 0 Å². The Balaban J connectivity index is 2.25. The second-order valence-corrected chi connectivity index (χ2v) is 4.06. The molecule has 0 bridgehead atoms. The predicted molar refractivity (Wildman–Crippen MR) is 68.2 cm³/mol. The number of benzene rings is 1. The van der Waals surface area contributed by atoms with Crippen molar-refractivity contribution < 1.29 is 4.39 Å². The molecule has 1 heterocycles. The van der Waals surface area contributed by atoms with Gasteiger partial charge in [-0.2, -0.15) is 0 Å². The largest absolute Gasteiger partial charge is 0.361 e. The van der Waals surface area contributed by atoms with Gasteiger partial charge >= 0.3 is 0 Å². The first-order valence-corrected chi connectivity index (χ1v) is 5.94. The van der Waals surface area contributed by atoms with E-state index in [1.807, 2.05) is 24.4 Å². The Labute approximate surface area is 101 Å². The van der Waals surface area contributed by atoms with Crippen LogP contribution in [0, 0.1) is 5.82 Å². The Morgan fingerprint density at radius 3 is 2.88 bits per heavy atom. The third-order valence-corrected chi connectivity index (χ3v) is 2.70. The molecule has 90 valence electrons. The van der Waals surface area contributed by atoms with Crippen molar-refractivity contribution >= 4 is 0 Å². The van der Waals surface area contributed by atoms with Crippen LogP contribution < -0.4 is 5.32 Å². The zero-order valence-electron chi connectivity index (χ0n) is 9.96. The van der Waals surface area contributed by atoms with Crippen LogP contribution in [0.4, 0.5) is 4.39 Å². The van der Waals surface area contributed by atoms with E-state index in [1.54, 1.807) is 6.07 Å². The third-order valence-electron chi connectivity index (χ3n) is 2.70. The number of nitrogens with one attached hydrogen (secondary N) is 2. The molecule has 0 saturated carbocycles. The smallest absolute Gasteiger partial charge is 0.123 e. The van der Waals surface area contributed by atoms with Crippen molar-refractivity contribution in [1.82, 2.24) is 10.3 Å². The van der Waals surface area contributed by atoms with Gasteiger partial charge in [0.1, 0.15) is 5.82 Å². The summed E-state index contributed by atoms with van der Waals surface area (Å²) in [4.78, 5) is 3.12. The highest BCUT2D eigenvalue weighted by Gasteiger charge is 2.06. The van der Waals surface area contributed by atoms with E-state index >= 15 is 0 Å². The van der Waals surface area contributed by atoms with Gasteiger partial charge in [-0.3, -0.25) is 0 Å². The molecule has 0 radical (unpaired) electrons. The first kappa shape index (κ1) is 11.9. The van der Waals surface area contributed by atoms with E-state index in [4.69, 9.17) is 0 Å². The number of halogens is 1. The van der Waals surface area contributed by atoms with E-state index in [2.05, 4.69) is 17.2 Å². The number of hydrogen-bond donors (Lipinski definition) is 2. The van der Waals surface area contributed by atoms with Gasteiger partial charge in [0.05, 0.1) is 0 Å². The molecule has 17 heavy (non-hydrogen) atoms. The van der Waals surface area contributed by atoms with Crippen molar-refractivity contribution in [1.29, 1.82) is 0 Å². The van der Waals surface area contributed by atoms with E-state index in [0.29, 0.717) is 0 Å². The molecule has 0 saturated heterocycles. The molecule has 0 aliphatic carbocycles. The van der Waals surface area contributed by atoms with Crippen LogP contribution in [0.2, 0.25) is 0 Å². The number of aromatic nitrogens is 1. The minimum absolute atomic E-state index is 0.200. The monoisotopic (exact) mass is 232 g/mol. The van der Waals surface area contributed by atoms with Crippen LogP contribution in [0.15, 0.2) is 36.5 Å². The van der Waals surface area contributed by atoms with E-state index in [9.17, 15) is 4.39 Å². The van der Waals surface area contributed by atoms with Gasteiger partial charge in [0.2, 0.25) is 0 Å². The van der Waals surface area contributed by atoms with Crippen LogP contribution in [-0.4, -0.2) is 11.5 Å². The van der Waals surface area contributed by atoms with Gasteiger partial charge < -0.3 is 10.3 Å². The molecule has 0 amide bonds. The number of rotatable bonds is 5. The average molecular weight is 232 g/mol. The van der Waals surface area contributed by atoms with Crippen LogP contribution in [0.3, 0.4) is 0 Å². The van der Waals surface area contributed by atoms with E-state index in [1.165, 1.54) is 6.07 Å². The first-order chi connectivity index (χ1) is 8.31. The third kappa shape index (κ3) is 2.94. The van der Waals surface area contributed by atoms with E-state index < -0.39 is 0 Å². The highest BCUT2D eigenvalue weighted by molar-refractivity contribution is 5.63. The maximum absolute atomic E-state index is 13.3. The second-order valence-electron chi connectivity index (χ2n) is 4.06. The molecule has 2 nitrogen and oxygen atoms in total. The summed E-state index contributed by atoms with van der Waals surface area (Å²) in [7, 11) is 0. The zero-order chi connectivity index (χ0) is 12.1. The number of aromatic amines is 1. The van der Waals surface area contributed by atoms with Gasteiger partial charge in [-0.1, -0.05) is 13.0 Å². The summed E-state index contributed by atoms with van der Waals surface area (Å²) < 4.78 is 13.3. The molecule has 0 aliphatic rings. The molecule has 0 aliphatic heterocycles. The fourth-order valence-electron chi connectivity index (χ4n) is 1.85. The first-order valence-electron chi connectivity index (χ1n) is 5.94. The van der Waals surface area contributed by atoms with Crippen LogP contribution in [0.25, 0.3) is 11.3 Å². The molecule has 0 atom stereocenters. The summed E-state index contributed by atoms with van der Waals surface area (Å²) in [6.07, 6.45) is 2.95. The lowest BCUT2D eigenvalue weighted by Crippen LogP contribution is -2.14. The minimum atomic E-state index is -0.200. The average Bonchev–Trinajstić information content (AvgIpc) is 2.85. The fraction of sp³-hybridized carbons (Fsp3) is 0.286. The molecule has 0 fully saturated rings. The molecule has 2 aromatic rings. The highest BCUT2D eigenvalue weighted by Crippen LogP contribution is 2.23. The predicted octanol–water partition coefficient (Wildman–Crippen LogP) is 3.32. The second kappa shape index (κ2) is 5.64.